The van der Waals surface area contributed by atoms with Crippen molar-refractivity contribution in [3.8, 4) is 11.1 Å². The summed E-state index contributed by atoms with van der Waals surface area (Å²) >= 11 is 0. The maximum atomic E-state index is 13.1. The number of ether oxygens (including phenoxy) is 1. The number of carboxylic acid groups (broad SMARTS) is 1. The minimum absolute atomic E-state index is 0.00750. The SMILES string of the molecule is CC(C)(C)NC(=O)CCNCCNCCN(C(=O)CCC(=O)O)C1CCN(C(=O)OCC2c3ccccc3-c3ccccc32)CC1. The summed E-state index contributed by atoms with van der Waals surface area (Å²) in [6.07, 6.45) is 0.975. The summed E-state index contributed by atoms with van der Waals surface area (Å²) in [6.45, 7) is 9.95. The summed E-state index contributed by atoms with van der Waals surface area (Å²) in [6, 6.07) is 16.4. The summed E-state index contributed by atoms with van der Waals surface area (Å²) in [4.78, 5) is 52.7. The minimum Gasteiger partial charge on any atom is -0.481 e. The van der Waals surface area contributed by atoms with Crippen LogP contribution < -0.4 is 16.0 Å². The Bertz CT molecular complexity index is 1310. The Morgan fingerprint density at radius 1 is 0.848 bits per heavy atom. The molecule has 250 valence electrons. The van der Waals surface area contributed by atoms with Crippen LogP contribution >= 0.6 is 0 Å². The third-order valence-electron chi connectivity index (χ3n) is 8.42. The number of nitrogens with one attached hydrogen (secondary N) is 3. The molecule has 4 rings (SSSR count). The zero-order chi connectivity index (χ0) is 33.1. The van der Waals surface area contributed by atoms with Gasteiger partial charge in [0.2, 0.25) is 11.8 Å². The van der Waals surface area contributed by atoms with Crippen molar-refractivity contribution in [2.24, 2.45) is 0 Å². The number of piperidine rings is 1. The molecule has 3 amide bonds. The number of amides is 3. The average molecular weight is 636 g/mol. The highest BCUT2D eigenvalue weighted by Crippen LogP contribution is 2.44. The third-order valence-corrected chi connectivity index (χ3v) is 8.42. The number of rotatable bonds is 15. The Labute approximate surface area is 272 Å². The van der Waals surface area contributed by atoms with Gasteiger partial charge in [-0.1, -0.05) is 48.5 Å². The normalized spacial score (nSPS) is 14.8. The lowest BCUT2D eigenvalue weighted by Gasteiger charge is -2.38. The van der Waals surface area contributed by atoms with Gasteiger partial charge in [0.1, 0.15) is 6.61 Å². The van der Waals surface area contributed by atoms with Crippen LogP contribution in [0.25, 0.3) is 11.1 Å². The molecule has 1 aliphatic carbocycles. The van der Waals surface area contributed by atoms with Crippen LogP contribution in [0.3, 0.4) is 0 Å². The standard InChI is InChI=1S/C35H49N5O6/c1-35(2,3)38-31(41)14-17-36-18-19-37-20-23-40(32(42)12-13-33(43)44)25-15-21-39(22-16-25)34(45)46-24-30-28-10-6-4-8-26(28)27-9-5-7-11-29(27)30/h4-11,25,30,36-37H,12-24H2,1-3H3,(H,38,41)(H,43,44). The number of nitrogens with zero attached hydrogens (tertiary/aromatic N) is 2. The van der Waals surface area contributed by atoms with Crippen molar-refractivity contribution in [1.82, 2.24) is 25.8 Å². The Kier molecular flexibility index (Phi) is 12.6. The number of carbonyl (C=O) groups excluding carboxylic acids is 3. The molecule has 46 heavy (non-hydrogen) atoms. The van der Waals surface area contributed by atoms with E-state index in [1.807, 2.05) is 45.0 Å². The predicted octanol–water partition coefficient (Wildman–Crippen LogP) is 3.58. The number of hydrogen-bond donors (Lipinski definition) is 4. The van der Waals surface area contributed by atoms with Crippen LogP contribution in [0.5, 0.6) is 0 Å². The van der Waals surface area contributed by atoms with Gasteiger partial charge in [-0.3, -0.25) is 14.4 Å². The summed E-state index contributed by atoms with van der Waals surface area (Å²) in [5.74, 6) is -1.19. The van der Waals surface area contributed by atoms with Crippen LogP contribution in [0.4, 0.5) is 4.79 Å². The molecule has 4 N–H and O–H groups in total. The van der Waals surface area contributed by atoms with Crippen LogP contribution in [0.2, 0.25) is 0 Å². The largest absolute Gasteiger partial charge is 0.481 e. The quantitative estimate of drug-likeness (QED) is 0.218. The zero-order valence-electron chi connectivity index (χ0n) is 27.3. The maximum Gasteiger partial charge on any atom is 0.409 e. The van der Waals surface area contributed by atoms with Crippen LogP contribution in [0.15, 0.2) is 48.5 Å². The molecule has 2 aliphatic rings. The van der Waals surface area contributed by atoms with Gasteiger partial charge in [-0.25, -0.2) is 4.79 Å². The second-order valence-corrected chi connectivity index (χ2v) is 13.1. The van der Waals surface area contributed by atoms with Gasteiger partial charge < -0.3 is 35.6 Å². The highest BCUT2D eigenvalue weighted by molar-refractivity contribution is 5.81. The summed E-state index contributed by atoms with van der Waals surface area (Å²) in [5, 5.41) is 18.6. The molecule has 0 spiro atoms. The maximum absolute atomic E-state index is 13.1. The van der Waals surface area contributed by atoms with Crippen LogP contribution in [-0.2, 0) is 19.1 Å². The van der Waals surface area contributed by atoms with E-state index in [1.165, 1.54) is 22.3 Å². The van der Waals surface area contributed by atoms with Crippen LogP contribution in [-0.4, -0.2) is 103 Å². The molecule has 0 unspecified atom stereocenters. The molecule has 0 aromatic heterocycles. The third kappa shape index (κ3) is 10.0. The van der Waals surface area contributed by atoms with E-state index in [-0.39, 0.29) is 54.9 Å². The molecule has 1 heterocycles. The van der Waals surface area contributed by atoms with Crippen molar-refractivity contribution >= 4 is 23.9 Å². The van der Waals surface area contributed by atoms with Gasteiger partial charge in [-0.15, -0.1) is 0 Å². The van der Waals surface area contributed by atoms with Crippen molar-refractivity contribution in [2.75, 3.05) is 52.4 Å². The van der Waals surface area contributed by atoms with Crippen molar-refractivity contribution in [3.05, 3.63) is 59.7 Å². The number of carboxylic acids is 1. The van der Waals surface area contributed by atoms with Gasteiger partial charge in [0, 0.05) is 76.2 Å². The lowest BCUT2D eigenvalue weighted by molar-refractivity contribution is -0.142. The molecule has 11 heteroatoms. The first-order valence-electron chi connectivity index (χ1n) is 16.4. The molecule has 11 nitrogen and oxygen atoms in total. The first-order chi connectivity index (χ1) is 22.0. The highest BCUT2D eigenvalue weighted by atomic mass is 16.6. The van der Waals surface area contributed by atoms with Gasteiger partial charge in [-0.05, 0) is 55.9 Å². The molecule has 0 radical (unpaired) electrons. The molecule has 2 aromatic rings. The zero-order valence-corrected chi connectivity index (χ0v) is 27.3. The summed E-state index contributed by atoms with van der Waals surface area (Å²) in [5.41, 5.74) is 4.44. The molecular formula is C35H49N5O6. The van der Waals surface area contributed by atoms with Crippen LogP contribution in [0, 0.1) is 0 Å². The fourth-order valence-corrected chi connectivity index (χ4v) is 6.22. The minimum atomic E-state index is -1.00. The fraction of sp³-hybridized carbons (Fsp3) is 0.543. The number of likely N-dealkylation sites (tertiary alicyclic amines) is 1. The van der Waals surface area contributed by atoms with Gasteiger partial charge in [0.05, 0.1) is 6.42 Å². The number of hydrogen-bond acceptors (Lipinski definition) is 7. The summed E-state index contributed by atoms with van der Waals surface area (Å²) in [7, 11) is 0. The van der Waals surface area contributed by atoms with Crippen molar-refractivity contribution in [2.45, 2.75) is 70.4 Å². The van der Waals surface area contributed by atoms with E-state index in [1.54, 1.807) is 9.80 Å². The van der Waals surface area contributed by atoms with Crippen LogP contribution in [0.1, 0.15) is 69.9 Å². The second-order valence-electron chi connectivity index (χ2n) is 13.1. The van der Waals surface area contributed by atoms with Crippen molar-refractivity contribution in [3.63, 3.8) is 0 Å². The van der Waals surface area contributed by atoms with Gasteiger partial charge in [-0.2, -0.15) is 0 Å². The molecule has 0 bridgehead atoms. The molecule has 1 fully saturated rings. The lowest BCUT2D eigenvalue weighted by Crippen LogP contribution is -2.50. The second kappa shape index (κ2) is 16.6. The smallest absolute Gasteiger partial charge is 0.409 e. The predicted molar refractivity (Wildman–Crippen MR) is 176 cm³/mol. The van der Waals surface area contributed by atoms with Gasteiger partial charge >= 0.3 is 12.1 Å². The molecule has 0 atom stereocenters. The van der Waals surface area contributed by atoms with E-state index in [2.05, 4.69) is 40.2 Å². The van der Waals surface area contributed by atoms with E-state index in [4.69, 9.17) is 9.84 Å². The van der Waals surface area contributed by atoms with E-state index in [9.17, 15) is 19.2 Å². The van der Waals surface area contributed by atoms with Crippen molar-refractivity contribution < 1.29 is 29.0 Å². The molecule has 1 saturated heterocycles. The Hall–Kier alpha value is -3.96. The van der Waals surface area contributed by atoms with E-state index >= 15 is 0 Å². The fourth-order valence-electron chi connectivity index (χ4n) is 6.22. The first kappa shape index (κ1) is 34.9. The highest BCUT2D eigenvalue weighted by Gasteiger charge is 2.32. The number of aliphatic carboxylic acids is 1. The number of carbonyl (C=O) groups is 4. The summed E-state index contributed by atoms with van der Waals surface area (Å²) < 4.78 is 5.84. The molecular weight excluding hydrogens is 586 g/mol. The molecule has 0 saturated carbocycles. The number of fused-ring (bicyclic) bond motifs is 3. The Morgan fingerprint density at radius 2 is 1.43 bits per heavy atom. The Balaban J connectivity index is 1.21. The van der Waals surface area contributed by atoms with Crippen molar-refractivity contribution in [1.29, 1.82) is 0 Å². The van der Waals surface area contributed by atoms with E-state index < -0.39 is 5.97 Å². The van der Waals surface area contributed by atoms with E-state index in [0.29, 0.717) is 65.1 Å². The average Bonchev–Trinajstić information content (AvgIpc) is 3.34. The van der Waals surface area contributed by atoms with E-state index in [0.717, 1.165) is 0 Å². The van der Waals surface area contributed by atoms with Gasteiger partial charge in [0.25, 0.3) is 0 Å². The first-order valence-corrected chi connectivity index (χ1v) is 16.4. The molecule has 2 aromatic carbocycles. The van der Waals surface area contributed by atoms with Gasteiger partial charge in [0.15, 0.2) is 0 Å². The lowest BCUT2D eigenvalue weighted by atomic mass is 9.98. The topological polar surface area (TPSA) is 140 Å². The number of benzene rings is 2. The monoisotopic (exact) mass is 635 g/mol. The molecule has 1 aliphatic heterocycles. The Morgan fingerprint density at radius 3 is 2.02 bits per heavy atom.